The van der Waals surface area contributed by atoms with Crippen LogP contribution in [0.25, 0.3) is 0 Å². The fourth-order valence-electron chi connectivity index (χ4n) is 4.31. The number of fused-ring (bicyclic) bond motifs is 1. The lowest BCUT2D eigenvalue weighted by Crippen LogP contribution is -2.24. The monoisotopic (exact) mass is 503 g/mol. The van der Waals surface area contributed by atoms with Gasteiger partial charge in [0.15, 0.2) is 0 Å². The quantitative estimate of drug-likeness (QED) is 0.347. The molecule has 0 fully saturated rings. The molecule has 35 heavy (non-hydrogen) atoms. The van der Waals surface area contributed by atoms with E-state index in [-0.39, 0.29) is 17.1 Å². The maximum atomic E-state index is 13.2. The number of rotatable bonds is 7. The number of benzene rings is 2. The second kappa shape index (κ2) is 11.1. The van der Waals surface area contributed by atoms with Gasteiger partial charge in [0.05, 0.1) is 10.8 Å². The molecule has 0 spiro atoms. The van der Waals surface area contributed by atoms with Crippen molar-refractivity contribution >= 4 is 45.6 Å². The summed E-state index contributed by atoms with van der Waals surface area (Å²) < 4.78 is 0. The SMILES string of the molecule is CCC(Sc1cccc(NC(=O)c2ccccc2C)c1)C(=O)Nc1sc2c(c1C#N)CCC(C)C2. The molecule has 1 heterocycles. The molecule has 0 saturated carbocycles. The van der Waals surface area contributed by atoms with Gasteiger partial charge in [-0.05, 0) is 73.9 Å². The van der Waals surface area contributed by atoms with Gasteiger partial charge in [-0.3, -0.25) is 9.59 Å². The Bertz CT molecular complexity index is 1290. The van der Waals surface area contributed by atoms with Crippen molar-refractivity contribution in [1.29, 1.82) is 5.26 Å². The topological polar surface area (TPSA) is 82.0 Å². The minimum absolute atomic E-state index is 0.102. The molecule has 2 aromatic carbocycles. The summed E-state index contributed by atoms with van der Waals surface area (Å²) in [5.41, 5.74) is 3.98. The van der Waals surface area contributed by atoms with Gasteiger partial charge in [0, 0.05) is 21.0 Å². The Morgan fingerprint density at radius 1 is 1.20 bits per heavy atom. The largest absolute Gasteiger partial charge is 0.322 e. The highest BCUT2D eigenvalue weighted by atomic mass is 32.2. The van der Waals surface area contributed by atoms with Crippen LogP contribution in [0.3, 0.4) is 0 Å². The molecule has 0 radical (unpaired) electrons. The maximum Gasteiger partial charge on any atom is 0.255 e. The third-order valence-electron chi connectivity index (χ3n) is 6.28. The second-order valence-electron chi connectivity index (χ2n) is 8.97. The smallest absolute Gasteiger partial charge is 0.255 e. The fraction of sp³-hybridized carbons (Fsp3) is 0.321. The zero-order valence-corrected chi connectivity index (χ0v) is 21.8. The summed E-state index contributed by atoms with van der Waals surface area (Å²) in [5, 5.41) is 16.1. The lowest BCUT2D eigenvalue weighted by atomic mass is 9.88. The summed E-state index contributed by atoms with van der Waals surface area (Å²) >= 11 is 3.01. The van der Waals surface area contributed by atoms with E-state index in [1.165, 1.54) is 16.6 Å². The minimum Gasteiger partial charge on any atom is -0.322 e. The van der Waals surface area contributed by atoms with Crippen molar-refractivity contribution in [3.63, 3.8) is 0 Å². The Labute approximate surface area is 214 Å². The van der Waals surface area contributed by atoms with Crippen LogP contribution in [0.4, 0.5) is 10.7 Å². The van der Waals surface area contributed by atoms with Crippen LogP contribution in [0.2, 0.25) is 0 Å². The van der Waals surface area contributed by atoms with Gasteiger partial charge in [-0.25, -0.2) is 0 Å². The Kier molecular flexibility index (Phi) is 7.94. The molecule has 1 aliphatic rings. The molecule has 3 aromatic rings. The van der Waals surface area contributed by atoms with Gasteiger partial charge < -0.3 is 10.6 Å². The summed E-state index contributed by atoms with van der Waals surface area (Å²) in [6.07, 6.45) is 3.59. The molecule has 7 heteroatoms. The maximum absolute atomic E-state index is 13.2. The average molecular weight is 504 g/mol. The first-order valence-corrected chi connectivity index (χ1v) is 13.6. The number of aryl methyl sites for hydroxylation is 1. The number of nitrogens with zero attached hydrogens (tertiary/aromatic N) is 1. The van der Waals surface area contributed by atoms with Gasteiger partial charge in [0.2, 0.25) is 5.91 Å². The van der Waals surface area contributed by atoms with E-state index in [9.17, 15) is 14.9 Å². The standard InChI is InChI=1S/C28H29N3O2S2/c1-4-24(27(33)31-28-23(16-29)22-13-12-17(2)14-25(22)35-28)34-20-10-7-9-19(15-20)30-26(32)21-11-6-5-8-18(21)3/h5-11,15,17,24H,4,12-14H2,1-3H3,(H,30,32)(H,31,33). The molecule has 2 unspecified atom stereocenters. The Hall–Kier alpha value is -3.08. The molecule has 180 valence electrons. The molecule has 1 aromatic heterocycles. The molecule has 5 nitrogen and oxygen atoms in total. The highest BCUT2D eigenvalue weighted by molar-refractivity contribution is 8.00. The van der Waals surface area contributed by atoms with E-state index in [2.05, 4.69) is 23.6 Å². The lowest BCUT2D eigenvalue weighted by Gasteiger charge is -2.17. The molecule has 1 aliphatic carbocycles. The number of hydrogen-bond acceptors (Lipinski definition) is 5. The third-order valence-corrected chi connectivity index (χ3v) is 8.81. The zero-order chi connectivity index (χ0) is 24.9. The molecule has 2 atom stereocenters. The molecular weight excluding hydrogens is 474 g/mol. The van der Waals surface area contributed by atoms with Crippen molar-refractivity contribution in [3.05, 3.63) is 75.7 Å². The number of thiophene rings is 1. The average Bonchev–Trinajstić information content (AvgIpc) is 3.18. The van der Waals surface area contributed by atoms with Crippen LogP contribution in [-0.4, -0.2) is 17.1 Å². The Morgan fingerprint density at radius 3 is 2.74 bits per heavy atom. The number of hydrogen-bond donors (Lipinski definition) is 2. The van der Waals surface area contributed by atoms with Crippen LogP contribution in [0.15, 0.2) is 53.4 Å². The molecule has 0 bridgehead atoms. The van der Waals surface area contributed by atoms with Gasteiger partial charge >= 0.3 is 0 Å². The molecule has 0 saturated heterocycles. The number of carbonyl (C=O) groups is 2. The highest BCUT2D eigenvalue weighted by Gasteiger charge is 2.26. The van der Waals surface area contributed by atoms with E-state index in [1.807, 2.05) is 56.3 Å². The van der Waals surface area contributed by atoms with Gasteiger partial charge in [0.25, 0.3) is 5.91 Å². The molecule has 2 amide bonds. The van der Waals surface area contributed by atoms with E-state index in [1.54, 1.807) is 17.4 Å². The number of amides is 2. The van der Waals surface area contributed by atoms with E-state index < -0.39 is 0 Å². The summed E-state index contributed by atoms with van der Waals surface area (Å²) in [6.45, 7) is 6.12. The van der Waals surface area contributed by atoms with E-state index in [0.717, 1.165) is 35.3 Å². The lowest BCUT2D eigenvalue weighted by molar-refractivity contribution is -0.115. The zero-order valence-electron chi connectivity index (χ0n) is 20.2. The minimum atomic E-state index is -0.318. The first-order valence-electron chi connectivity index (χ1n) is 11.9. The molecule has 4 rings (SSSR count). The van der Waals surface area contributed by atoms with Crippen molar-refractivity contribution in [3.8, 4) is 6.07 Å². The van der Waals surface area contributed by atoms with Crippen LogP contribution in [0.5, 0.6) is 0 Å². The van der Waals surface area contributed by atoms with E-state index in [4.69, 9.17) is 0 Å². The van der Waals surface area contributed by atoms with Crippen molar-refractivity contribution < 1.29 is 9.59 Å². The van der Waals surface area contributed by atoms with Crippen LogP contribution >= 0.6 is 23.1 Å². The highest BCUT2D eigenvalue weighted by Crippen LogP contribution is 2.39. The summed E-state index contributed by atoms with van der Waals surface area (Å²) in [5.74, 6) is 0.346. The van der Waals surface area contributed by atoms with Crippen molar-refractivity contribution in [2.24, 2.45) is 5.92 Å². The van der Waals surface area contributed by atoms with E-state index >= 15 is 0 Å². The fourth-order valence-corrected chi connectivity index (χ4v) is 6.69. The third kappa shape index (κ3) is 5.77. The van der Waals surface area contributed by atoms with Crippen LogP contribution in [0.1, 0.15) is 58.6 Å². The van der Waals surface area contributed by atoms with Crippen LogP contribution in [-0.2, 0) is 17.6 Å². The summed E-state index contributed by atoms with van der Waals surface area (Å²) in [4.78, 5) is 28.0. The van der Waals surface area contributed by atoms with Gasteiger partial charge in [-0.15, -0.1) is 23.1 Å². The molecular formula is C28H29N3O2S2. The number of nitriles is 1. The first kappa shape index (κ1) is 25.0. The molecule has 2 N–H and O–H groups in total. The van der Waals surface area contributed by atoms with Gasteiger partial charge in [-0.2, -0.15) is 5.26 Å². The number of carbonyl (C=O) groups excluding carboxylic acids is 2. The predicted octanol–water partition coefficient (Wildman–Crippen LogP) is 6.81. The molecule has 0 aliphatic heterocycles. The number of anilines is 2. The summed E-state index contributed by atoms with van der Waals surface area (Å²) in [6, 6.07) is 17.3. The van der Waals surface area contributed by atoms with Crippen molar-refractivity contribution in [1.82, 2.24) is 0 Å². The van der Waals surface area contributed by atoms with Crippen LogP contribution < -0.4 is 10.6 Å². The van der Waals surface area contributed by atoms with Gasteiger partial charge in [-0.1, -0.05) is 38.1 Å². The normalized spacial score (nSPS) is 15.5. The first-order chi connectivity index (χ1) is 16.9. The van der Waals surface area contributed by atoms with Crippen molar-refractivity contribution in [2.45, 2.75) is 56.6 Å². The van der Waals surface area contributed by atoms with Crippen molar-refractivity contribution in [2.75, 3.05) is 10.6 Å². The van der Waals surface area contributed by atoms with E-state index in [0.29, 0.717) is 34.2 Å². The predicted molar refractivity (Wildman–Crippen MR) is 144 cm³/mol. The van der Waals surface area contributed by atoms with Gasteiger partial charge in [0.1, 0.15) is 11.1 Å². The summed E-state index contributed by atoms with van der Waals surface area (Å²) in [7, 11) is 0. The second-order valence-corrected chi connectivity index (χ2v) is 11.3. The number of thioether (sulfide) groups is 1. The Morgan fingerprint density at radius 2 is 2.00 bits per heavy atom. The number of nitrogens with one attached hydrogen (secondary N) is 2. The van der Waals surface area contributed by atoms with Crippen LogP contribution in [0, 0.1) is 24.2 Å². The Balaban J connectivity index is 1.45.